The number of hydrogen-bond acceptors (Lipinski definition) is 10. The largest absolute Gasteiger partial charge is 0.368 e. The van der Waals surface area contributed by atoms with Crippen molar-refractivity contribution in [2.45, 2.75) is 12.3 Å². The minimum atomic E-state index is -4.37. The number of nitrogens with one attached hydrogen (secondary N) is 2. The quantitative estimate of drug-likeness (QED) is 0.208. The summed E-state index contributed by atoms with van der Waals surface area (Å²) in [5.74, 6) is -0.981. The van der Waals surface area contributed by atoms with Crippen molar-refractivity contribution < 1.29 is 23.0 Å². The molecule has 1 saturated heterocycles. The number of rotatable bonds is 7. The summed E-state index contributed by atoms with van der Waals surface area (Å²) in [6.07, 6.45) is 0. The van der Waals surface area contributed by atoms with Gasteiger partial charge < -0.3 is 4.84 Å². The number of aromatic nitrogens is 2. The summed E-state index contributed by atoms with van der Waals surface area (Å²) in [5.41, 5.74) is 3.84. The first kappa shape index (κ1) is 27.6. The normalized spacial score (nSPS) is 15.0. The van der Waals surface area contributed by atoms with Crippen molar-refractivity contribution in [2.24, 2.45) is 0 Å². The molecule has 1 aliphatic rings. The van der Waals surface area contributed by atoms with Gasteiger partial charge in [-0.1, -0.05) is 47.6 Å². The molecule has 14 heteroatoms. The maximum atomic E-state index is 13.7. The van der Waals surface area contributed by atoms with E-state index in [-0.39, 0.29) is 33.8 Å². The van der Waals surface area contributed by atoms with Crippen LogP contribution in [-0.4, -0.2) is 34.2 Å². The highest BCUT2D eigenvalue weighted by molar-refractivity contribution is 7.94. The van der Waals surface area contributed by atoms with Gasteiger partial charge in [0.1, 0.15) is 0 Å². The highest BCUT2D eigenvalue weighted by atomic mass is 32.2. The third kappa shape index (κ3) is 5.05. The molecule has 1 aromatic heterocycles. The zero-order valence-electron chi connectivity index (χ0n) is 22.4. The molecule has 4 aromatic carbocycles. The maximum Gasteiger partial charge on any atom is 0.368 e. The average molecular weight is 599 g/mol. The summed E-state index contributed by atoms with van der Waals surface area (Å²) in [5, 5.41) is 11.5. The van der Waals surface area contributed by atoms with Crippen LogP contribution in [0.3, 0.4) is 0 Å². The van der Waals surface area contributed by atoms with Crippen LogP contribution >= 0.6 is 0 Å². The van der Waals surface area contributed by atoms with Crippen molar-refractivity contribution in [1.29, 1.82) is 0 Å². The fourth-order valence-corrected chi connectivity index (χ4v) is 6.05. The summed E-state index contributed by atoms with van der Waals surface area (Å²) in [7, 11) is -4.37. The van der Waals surface area contributed by atoms with Crippen LogP contribution in [0.15, 0.2) is 102 Å². The molecule has 1 atom stereocenters. The summed E-state index contributed by atoms with van der Waals surface area (Å²) in [6.45, 7) is 1.87. The van der Waals surface area contributed by atoms with Gasteiger partial charge in [0, 0.05) is 11.8 Å². The number of hydrogen-bond donors (Lipinski definition) is 2. The molecule has 1 unspecified atom stereocenters. The first-order chi connectivity index (χ1) is 20.6. The number of nitrogens with zero attached hydrogens (tertiary/aromatic N) is 4. The summed E-state index contributed by atoms with van der Waals surface area (Å²) < 4.78 is 30.3. The molecule has 2 heterocycles. The van der Waals surface area contributed by atoms with Gasteiger partial charge in [0.05, 0.1) is 32.8 Å². The topological polar surface area (TPSA) is 166 Å². The van der Waals surface area contributed by atoms with E-state index in [2.05, 4.69) is 15.3 Å². The van der Waals surface area contributed by atoms with E-state index in [1.165, 1.54) is 47.0 Å². The van der Waals surface area contributed by atoms with Crippen molar-refractivity contribution in [2.75, 3.05) is 9.73 Å². The number of nitro groups is 1. The lowest BCUT2D eigenvalue weighted by atomic mass is 10.1. The van der Waals surface area contributed by atoms with E-state index >= 15 is 0 Å². The van der Waals surface area contributed by atoms with E-state index in [0.717, 1.165) is 10.6 Å². The zero-order chi connectivity index (χ0) is 30.3. The van der Waals surface area contributed by atoms with Crippen molar-refractivity contribution in [1.82, 2.24) is 15.1 Å². The summed E-state index contributed by atoms with van der Waals surface area (Å²) in [6, 6.07) is 25.1. The molecule has 5 aromatic rings. The fourth-order valence-electron chi connectivity index (χ4n) is 4.73. The highest BCUT2D eigenvalue weighted by Gasteiger charge is 2.46. The first-order valence-electron chi connectivity index (χ1n) is 12.8. The van der Waals surface area contributed by atoms with Crippen LogP contribution < -0.4 is 20.9 Å². The lowest BCUT2D eigenvalue weighted by Gasteiger charge is -2.22. The standard InChI is InChI=1S/C29H22N6O7S/c1-18-10-14-21(15-11-18)34-28(29(37)42-32-34)43(40,41)31-19-12-16-20(17-13-19)33-26(23-7-3-5-9-25(23)35(38)39)30-24-8-4-2-6-22(24)27(33)36/h2-17,28,31-32H,1H3. The average Bonchev–Trinajstić information content (AvgIpc) is 3.40. The maximum absolute atomic E-state index is 13.7. The smallest absolute Gasteiger partial charge is 0.347 e. The van der Waals surface area contributed by atoms with Crippen LogP contribution in [0.5, 0.6) is 0 Å². The van der Waals surface area contributed by atoms with Gasteiger partial charge in [0.15, 0.2) is 5.82 Å². The van der Waals surface area contributed by atoms with Gasteiger partial charge in [-0.05, 0) is 61.5 Å². The lowest BCUT2D eigenvalue weighted by molar-refractivity contribution is -0.384. The predicted octanol–water partition coefficient (Wildman–Crippen LogP) is 3.82. The molecule has 2 N–H and O–H groups in total. The second-order valence-electron chi connectivity index (χ2n) is 9.63. The van der Waals surface area contributed by atoms with Crippen molar-refractivity contribution >= 4 is 44.0 Å². The third-order valence-corrected chi connectivity index (χ3v) is 8.30. The Morgan fingerprint density at radius 1 is 0.907 bits per heavy atom. The molecule has 13 nitrogen and oxygen atoms in total. The molecule has 0 bridgehead atoms. The Labute approximate surface area is 244 Å². The third-order valence-electron chi connectivity index (χ3n) is 6.79. The molecule has 1 fully saturated rings. The monoisotopic (exact) mass is 598 g/mol. The number of sulfonamides is 1. The number of anilines is 2. The number of nitro benzene ring substituents is 1. The van der Waals surface area contributed by atoms with Crippen LogP contribution in [0, 0.1) is 17.0 Å². The molecule has 0 aliphatic carbocycles. The molecular formula is C29H22N6O7S. The van der Waals surface area contributed by atoms with Crippen LogP contribution in [0.1, 0.15) is 5.56 Å². The van der Waals surface area contributed by atoms with Gasteiger partial charge in [0.25, 0.3) is 26.6 Å². The molecule has 0 saturated carbocycles. The van der Waals surface area contributed by atoms with Crippen LogP contribution in [0.25, 0.3) is 28.0 Å². The molecule has 0 spiro atoms. The van der Waals surface area contributed by atoms with E-state index in [9.17, 15) is 28.1 Å². The van der Waals surface area contributed by atoms with E-state index in [0.29, 0.717) is 11.2 Å². The Balaban J connectivity index is 1.39. The van der Waals surface area contributed by atoms with Crippen LogP contribution in [0.4, 0.5) is 17.1 Å². The Morgan fingerprint density at radius 3 is 2.28 bits per heavy atom. The SMILES string of the molecule is Cc1ccc(N2NOC(=O)C2S(=O)(=O)Nc2ccc(-n3c(-c4ccccc4[N+](=O)[O-])nc4ccccc4c3=O)cc2)cc1. The van der Waals surface area contributed by atoms with E-state index in [1.807, 2.05) is 6.92 Å². The Hall–Kier alpha value is -5.60. The lowest BCUT2D eigenvalue weighted by Crippen LogP contribution is -2.46. The fraction of sp³-hybridized carbons (Fsp3) is 0.0690. The number of aryl methyl sites for hydroxylation is 1. The van der Waals surface area contributed by atoms with Crippen molar-refractivity contribution in [3.63, 3.8) is 0 Å². The zero-order valence-corrected chi connectivity index (χ0v) is 23.2. The number of benzene rings is 4. The molecule has 0 amide bonds. The Morgan fingerprint density at radius 2 is 1.56 bits per heavy atom. The van der Waals surface area contributed by atoms with Gasteiger partial charge in [-0.15, -0.1) is 0 Å². The van der Waals surface area contributed by atoms with E-state index < -0.39 is 31.8 Å². The van der Waals surface area contributed by atoms with Gasteiger partial charge >= 0.3 is 5.97 Å². The summed E-state index contributed by atoms with van der Waals surface area (Å²) >= 11 is 0. The van der Waals surface area contributed by atoms with Crippen LogP contribution in [-0.2, 0) is 19.7 Å². The van der Waals surface area contributed by atoms with Gasteiger partial charge in [-0.2, -0.15) is 0 Å². The second-order valence-corrected chi connectivity index (χ2v) is 11.4. The number of carbonyl (C=O) groups is 1. The van der Waals surface area contributed by atoms with Crippen molar-refractivity contribution in [3.8, 4) is 17.1 Å². The molecular weight excluding hydrogens is 576 g/mol. The molecule has 216 valence electrons. The molecule has 1 aliphatic heterocycles. The van der Waals surface area contributed by atoms with Gasteiger partial charge in [0.2, 0.25) is 0 Å². The minimum absolute atomic E-state index is 0.0397. The van der Waals surface area contributed by atoms with Gasteiger partial charge in [-0.25, -0.2) is 23.2 Å². The highest BCUT2D eigenvalue weighted by Crippen LogP contribution is 2.31. The predicted molar refractivity (Wildman–Crippen MR) is 159 cm³/mol. The Bertz CT molecular complexity index is 2060. The second kappa shape index (κ2) is 10.7. The molecule has 0 radical (unpaired) electrons. The Kier molecular flexibility index (Phi) is 6.84. The minimum Gasteiger partial charge on any atom is -0.347 e. The molecule has 43 heavy (non-hydrogen) atoms. The number of fused-ring (bicyclic) bond motifs is 1. The van der Waals surface area contributed by atoms with Crippen LogP contribution in [0.2, 0.25) is 0 Å². The number of para-hydroxylation sites is 2. The summed E-state index contributed by atoms with van der Waals surface area (Å²) in [4.78, 5) is 46.8. The van der Waals surface area contributed by atoms with E-state index in [1.54, 1.807) is 54.6 Å². The first-order valence-corrected chi connectivity index (χ1v) is 14.4. The number of hydrazine groups is 1. The van der Waals surface area contributed by atoms with E-state index in [4.69, 9.17) is 4.84 Å². The molecule has 6 rings (SSSR count). The number of carbonyl (C=O) groups excluding carboxylic acids is 1. The van der Waals surface area contributed by atoms with Gasteiger partial charge in [-0.3, -0.25) is 24.2 Å². The van der Waals surface area contributed by atoms with Crippen molar-refractivity contribution in [3.05, 3.63) is 123 Å².